The van der Waals surface area contributed by atoms with E-state index in [4.69, 9.17) is 27.4 Å². The summed E-state index contributed by atoms with van der Waals surface area (Å²) in [6.07, 6.45) is 2.40. The molecule has 2 unspecified atom stereocenters. The van der Waals surface area contributed by atoms with E-state index in [1.165, 1.54) is 4.68 Å². The number of carbonyl (C=O) groups is 1. The Morgan fingerprint density at radius 3 is 2.65 bits per heavy atom. The number of nitrogens with two attached hydrogens (primary N) is 1. The molecule has 0 fully saturated rings. The Balaban J connectivity index is 2.02. The van der Waals surface area contributed by atoms with Crippen LogP contribution in [0.4, 0.5) is 0 Å². The number of rotatable bonds is 13. The summed E-state index contributed by atoms with van der Waals surface area (Å²) < 4.78 is 6.20. The highest BCUT2D eigenvalue weighted by molar-refractivity contribution is 6.32. The predicted octanol–water partition coefficient (Wildman–Crippen LogP) is 1.39. The van der Waals surface area contributed by atoms with Crippen LogP contribution in [0.5, 0.6) is 0 Å². The van der Waals surface area contributed by atoms with Gasteiger partial charge in [-0.1, -0.05) is 37.6 Å². The predicted molar refractivity (Wildman–Crippen MR) is 117 cm³/mol. The van der Waals surface area contributed by atoms with Gasteiger partial charge in [-0.2, -0.15) is 0 Å². The van der Waals surface area contributed by atoms with Crippen molar-refractivity contribution < 1.29 is 19.5 Å². The summed E-state index contributed by atoms with van der Waals surface area (Å²) >= 11 is 5.91. The minimum absolute atomic E-state index is 0.185. The SMILES string of the molecule is CC(C)CC(C(=O)NCc1ccc(Cl)cc1)n1nnnc1C(N)CCCCOB(O)O. The Kier molecular flexibility index (Phi) is 10.3. The Labute approximate surface area is 187 Å². The van der Waals surface area contributed by atoms with Gasteiger partial charge in [0.05, 0.1) is 6.04 Å². The number of carbonyl (C=O) groups excluding carboxylic acids is 1. The second kappa shape index (κ2) is 12.7. The Morgan fingerprint density at radius 2 is 2.00 bits per heavy atom. The van der Waals surface area contributed by atoms with E-state index in [2.05, 4.69) is 25.5 Å². The molecule has 0 saturated heterocycles. The molecule has 0 aliphatic heterocycles. The van der Waals surface area contributed by atoms with Crippen LogP contribution in [-0.4, -0.2) is 50.1 Å². The lowest BCUT2D eigenvalue weighted by atomic mass is 10.0. The number of hydrogen-bond acceptors (Lipinski definition) is 8. The van der Waals surface area contributed by atoms with Crippen LogP contribution < -0.4 is 11.1 Å². The number of aromatic nitrogens is 4. The van der Waals surface area contributed by atoms with Gasteiger partial charge < -0.3 is 25.8 Å². The van der Waals surface area contributed by atoms with Gasteiger partial charge in [0.25, 0.3) is 0 Å². The average molecular weight is 453 g/mol. The first-order valence-electron chi connectivity index (χ1n) is 10.3. The average Bonchev–Trinajstić information content (AvgIpc) is 3.20. The van der Waals surface area contributed by atoms with Crippen molar-refractivity contribution in [2.45, 2.75) is 58.2 Å². The maximum absolute atomic E-state index is 13.0. The fourth-order valence-electron chi connectivity index (χ4n) is 3.12. The molecule has 1 amide bonds. The molecule has 12 heteroatoms. The molecule has 2 atom stereocenters. The van der Waals surface area contributed by atoms with Gasteiger partial charge in [-0.05, 0) is 59.7 Å². The zero-order valence-electron chi connectivity index (χ0n) is 17.8. The molecule has 170 valence electrons. The van der Waals surface area contributed by atoms with Crippen molar-refractivity contribution in [3.05, 3.63) is 40.7 Å². The lowest BCUT2D eigenvalue weighted by molar-refractivity contribution is -0.125. The molecule has 2 rings (SSSR count). The van der Waals surface area contributed by atoms with Crippen LogP contribution in [0.1, 0.15) is 63.0 Å². The van der Waals surface area contributed by atoms with Gasteiger partial charge in [0.2, 0.25) is 5.91 Å². The summed E-state index contributed by atoms with van der Waals surface area (Å²) in [5.41, 5.74) is 7.22. The summed E-state index contributed by atoms with van der Waals surface area (Å²) in [6.45, 7) is 4.63. The zero-order valence-corrected chi connectivity index (χ0v) is 18.6. The molecule has 0 radical (unpaired) electrons. The summed E-state index contributed by atoms with van der Waals surface area (Å²) in [5, 5.41) is 32.8. The lowest BCUT2D eigenvalue weighted by Crippen LogP contribution is -2.35. The molecule has 31 heavy (non-hydrogen) atoms. The van der Waals surface area contributed by atoms with Crippen LogP contribution >= 0.6 is 11.6 Å². The van der Waals surface area contributed by atoms with E-state index in [1.54, 1.807) is 12.1 Å². The fourth-order valence-corrected chi connectivity index (χ4v) is 3.25. The normalized spacial score (nSPS) is 13.3. The smallest absolute Gasteiger partial charge is 0.402 e. The first-order valence-corrected chi connectivity index (χ1v) is 10.7. The van der Waals surface area contributed by atoms with E-state index in [9.17, 15) is 4.79 Å². The summed E-state index contributed by atoms with van der Waals surface area (Å²) in [4.78, 5) is 13.0. The molecular formula is C19H30BClN6O4. The van der Waals surface area contributed by atoms with Gasteiger partial charge in [-0.25, -0.2) is 4.68 Å². The van der Waals surface area contributed by atoms with E-state index in [0.717, 1.165) is 5.56 Å². The molecular weight excluding hydrogens is 423 g/mol. The molecule has 10 nitrogen and oxygen atoms in total. The van der Waals surface area contributed by atoms with E-state index < -0.39 is 19.4 Å². The topological polar surface area (TPSA) is 148 Å². The number of hydrogen-bond donors (Lipinski definition) is 4. The van der Waals surface area contributed by atoms with Crippen LogP contribution in [0, 0.1) is 5.92 Å². The van der Waals surface area contributed by atoms with E-state index >= 15 is 0 Å². The first kappa shape index (κ1) is 25.2. The molecule has 0 aliphatic carbocycles. The van der Waals surface area contributed by atoms with Crippen molar-refractivity contribution in [2.75, 3.05) is 6.61 Å². The highest BCUT2D eigenvalue weighted by Crippen LogP contribution is 2.22. The Morgan fingerprint density at radius 1 is 1.29 bits per heavy atom. The molecule has 0 spiro atoms. The second-order valence-electron chi connectivity index (χ2n) is 7.77. The standard InChI is InChI=1S/C19H30BClN6O4/c1-13(2)11-17(19(28)23-12-14-6-8-15(21)9-7-14)27-18(24-25-26-27)16(22)5-3-4-10-31-20(29)30/h6-9,13,16-17,29-30H,3-5,10-12,22H2,1-2H3,(H,23,28). The third-order valence-corrected chi connectivity index (χ3v) is 4.95. The molecule has 5 N–H and O–H groups in total. The maximum atomic E-state index is 13.0. The summed E-state index contributed by atoms with van der Waals surface area (Å²) in [5.74, 6) is 0.492. The van der Waals surface area contributed by atoms with Gasteiger partial charge in [0, 0.05) is 18.2 Å². The maximum Gasteiger partial charge on any atom is 0.633 e. The fraction of sp³-hybridized carbons (Fsp3) is 0.579. The molecule has 1 aromatic heterocycles. The van der Waals surface area contributed by atoms with Crippen LogP contribution in [0.25, 0.3) is 0 Å². The molecule has 0 aliphatic rings. The molecule has 0 saturated carbocycles. The van der Waals surface area contributed by atoms with Crippen molar-refractivity contribution in [1.82, 2.24) is 25.5 Å². The van der Waals surface area contributed by atoms with Crippen molar-refractivity contribution in [3.63, 3.8) is 0 Å². The van der Waals surface area contributed by atoms with Crippen LogP contribution in [0.3, 0.4) is 0 Å². The number of amides is 1. The third kappa shape index (κ3) is 8.54. The number of benzene rings is 1. The van der Waals surface area contributed by atoms with E-state index in [0.29, 0.717) is 43.1 Å². The highest BCUT2D eigenvalue weighted by atomic mass is 35.5. The van der Waals surface area contributed by atoms with Gasteiger partial charge in [-0.15, -0.1) is 5.10 Å². The summed E-state index contributed by atoms with van der Waals surface area (Å²) in [6, 6.07) is 6.22. The van der Waals surface area contributed by atoms with Crippen molar-refractivity contribution in [1.29, 1.82) is 0 Å². The van der Waals surface area contributed by atoms with E-state index in [-0.39, 0.29) is 18.4 Å². The molecule has 1 heterocycles. The number of nitrogens with zero attached hydrogens (tertiary/aromatic N) is 4. The van der Waals surface area contributed by atoms with Gasteiger partial charge in [0.15, 0.2) is 5.82 Å². The van der Waals surface area contributed by atoms with Crippen LogP contribution in [-0.2, 0) is 16.0 Å². The quantitative estimate of drug-likeness (QED) is 0.263. The van der Waals surface area contributed by atoms with Crippen LogP contribution in [0.2, 0.25) is 5.02 Å². The first-order chi connectivity index (χ1) is 14.8. The monoisotopic (exact) mass is 452 g/mol. The van der Waals surface area contributed by atoms with Crippen molar-refractivity contribution in [3.8, 4) is 0 Å². The van der Waals surface area contributed by atoms with Crippen molar-refractivity contribution >= 4 is 24.8 Å². The van der Waals surface area contributed by atoms with Crippen LogP contribution in [0.15, 0.2) is 24.3 Å². The third-order valence-electron chi connectivity index (χ3n) is 4.70. The van der Waals surface area contributed by atoms with Gasteiger partial charge in [-0.3, -0.25) is 4.79 Å². The second-order valence-corrected chi connectivity index (χ2v) is 8.21. The molecule has 2 aromatic rings. The minimum Gasteiger partial charge on any atom is -0.402 e. The molecule has 0 bridgehead atoms. The van der Waals surface area contributed by atoms with Crippen molar-refractivity contribution in [2.24, 2.45) is 11.7 Å². The minimum atomic E-state index is -1.77. The highest BCUT2D eigenvalue weighted by Gasteiger charge is 2.28. The lowest BCUT2D eigenvalue weighted by Gasteiger charge is -2.21. The Hall–Kier alpha value is -2.05. The summed E-state index contributed by atoms with van der Waals surface area (Å²) in [7, 11) is -1.77. The number of nitrogens with one attached hydrogen (secondary N) is 1. The molecule has 1 aromatic carbocycles. The number of unbranched alkanes of at least 4 members (excludes halogenated alkanes) is 1. The zero-order chi connectivity index (χ0) is 22.8. The number of tetrazole rings is 1. The Bertz CT molecular complexity index is 805. The van der Waals surface area contributed by atoms with E-state index in [1.807, 2.05) is 26.0 Å². The largest absolute Gasteiger partial charge is 0.633 e. The number of halogens is 1. The van der Waals surface area contributed by atoms with Gasteiger partial charge in [0.1, 0.15) is 6.04 Å². The van der Waals surface area contributed by atoms with Gasteiger partial charge >= 0.3 is 7.32 Å².